The van der Waals surface area contributed by atoms with Gasteiger partial charge in [0.05, 0.1) is 7.11 Å². The van der Waals surface area contributed by atoms with Gasteiger partial charge in [-0.1, -0.05) is 19.1 Å². The quantitative estimate of drug-likeness (QED) is 0.865. The van der Waals surface area contributed by atoms with Crippen molar-refractivity contribution in [3.8, 4) is 5.75 Å². The molecule has 0 radical (unpaired) electrons. The molecular formula is C18H17F3N4O2. The van der Waals surface area contributed by atoms with Crippen molar-refractivity contribution in [1.29, 1.82) is 0 Å². The Morgan fingerprint density at radius 2 is 2.07 bits per heavy atom. The molecule has 1 aromatic carbocycles. The first-order chi connectivity index (χ1) is 12.8. The Labute approximate surface area is 153 Å². The molecular weight excluding hydrogens is 361 g/mol. The van der Waals surface area contributed by atoms with Crippen LogP contribution in [0, 0.1) is 5.92 Å². The number of hydrogen-bond acceptors (Lipinski definition) is 5. The molecule has 0 bridgehead atoms. The van der Waals surface area contributed by atoms with Gasteiger partial charge in [-0.05, 0) is 30.0 Å². The van der Waals surface area contributed by atoms with Crippen molar-refractivity contribution in [2.24, 2.45) is 5.92 Å². The number of alkyl halides is 3. The van der Waals surface area contributed by atoms with Crippen LogP contribution in [0.3, 0.4) is 0 Å². The van der Waals surface area contributed by atoms with E-state index in [9.17, 15) is 18.0 Å². The van der Waals surface area contributed by atoms with Crippen LogP contribution in [-0.2, 0) is 11.0 Å². The van der Waals surface area contributed by atoms with Gasteiger partial charge >= 0.3 is 6.18 Å². The van der Waals surface area contributed by atoms with Crippen molar-refractivity contribution in [2.45, 2.75) is 32.0 Å². The molecule has 4 rings (SSSR count). The number of carbonyl (C=O) groups is 1. The van der Waals surface area contributed by atoms with Crippen molar-refractivity contribution in [3.05, 3.63) is 46.9 Å². The Kier molecular flexibility index (Phi) is 3.97. The van der Waals surface area contributed by atoms with Crippen LogP contribution < -0.4 is 10.1 Å². The Morgan fingerprint density at radius 1 is 1.30 bits per heavy atom. The number of ketones is 1. The first kappa shape index (κ1) is 17.6. The number of allylic oxidation sites excluding steroid dienone is 2. The number of nitrogens with zero attached hydrogens (tertiary/aromatic N) is 3. The molecule has 0 unspecified atom stereocenters. The van der Waals surface area contributed by atoms with Crippen LogP contribution in [0.15, 0.2) is 35.5 Å². The van der Waals surface area contributed by atoms with E-state index in [1.165, 1.54) is 7.11 Å². The smallest absolute Gasteiger partial charge is 0.453 e. The molecule has 142 valence electrons. The van der Waals surface area contributed by atoms with Gasteiger partial charge in [0.15, 0.2) is 5.78 Å². The molecule has 6 nitrogen and oxygen atoms in total. The van der Waals surface area contributed by atoms with Gasteiger partial charge in [-0.15, -0.1) is 5.10 Å². The second-order valence-electron chi connectivity index (χ2n) is 6.83. The van der Waals surface area contributed by atoms with E-state index in [1.54, 1.807) is 24.3 Å². The number of benzene rings is 1. The number of Topliss-reactive ketones (excluding diaryl/α,β-unsaturated/α-hetero) is 1. The van der Waals surface area contributed by atoms with Crippen molar-refractivity contribution in [1.82, 2.24) is 14.8 Å². The zero-order valence-electron chi connectivity index (χ0n) is 14.7. The van der Waals surface area contributed by atoms with E-state index in [-0.39, 0.29) is 17.6 Å². The molecule has 0 spiro atoms. The standard InChI is InChI=1S/C18H17F3N4O2/c1-9-6-12-14(13(26)7-9)15(10-4-3-5-11(8-10)27-2)25-17(22-12)23-16(24-25)18(19,20)21/h3-5,8-9,15H,6-7H2,1-2H3,(H,22,23,24)/t9-,15+/m0/s1. The second kappa shape index (κ2) is 6.11. The molecule has 1 N–H and O–H groups in total. The predicted octanol–water partition coefficient (Wildman–Crippen LogP) is 3.57. The van der Waals surface area contributed by atoms with E-state index in [1.807, 2.05) is 6.92 Å². The molecule has 27 heavy (non-hydrogen) atoms. The molecule has 0 saturated heterocycles. The summed E-state index contributed by atoms with van der Waals surface area (Å²) in [5.41, 5.74) is 1.67. The van der Waals surface area contributed by atoms with Gasteiger partial charge in [0, 0.05) is 17.7 Å². The molecule has 2 aliphatic rings. The summed E-state index contributed by atoms with van der Waals surface area (Å²) in [5, 5.41) is 6.57. The predicted molar refractivity (Wildman–Crippen MR) is 90.2 cm³/mol. The normalized spacial score (nSPS) is 22.2. The summed E-state index contributed by atoms with van der Waals surface area (Å²) in [4.78, 5) is 16.4. The van der Waals surface area contributed by atoms with E-state index in [0.29, 0.717) is 35.4 Å². The number of nitrogens with one attached hydrogen (secondary N) is 1. The highest BCUT2D eigenvalue weighted by Gasteiger charge is 2.43. The molecule has 0 amide bonds. The fourth-order valence-electron chi connectivity index (χ4n) is 3.65. The number of rotatable bonds is 2. The second-order valence-corrected chi connectivity index (χ2v) is 6.83. The molecule has 2 aromatic rings. The van der Waals surface area contributed by atoms with Gasteiger partial charge in [0.25, 0.3) is 5.82 Å². The van der Waals surface area contributed by atoms with E-state index >= 15 is 0 Å². The zero-order valence-corrected chi connectivity index (χ0v) is 14.7. The third-order valence-corrected chi connectivity index (χ3v) is 4.79. The molecule has 9 heteroatoms. The summed E-state index contributed by atoms with van der Waals surface area (Å²) in [6.45, 7) is 1.93. The largest absolute Gasteiger partial charge is 0.497 e. The summed E-state index contributed by atoms with van der Waals surface area (Å²) >= 11 is 0. The summed E-state index contributed by atoms with van der Waals surface area (Å²) in [6.07, 6.45) is -3.77. The lowest BCUT2D eigenvalue weighted by atomic mass is 9.81. The van der Waals surface area contributed by atoms with Crippen LogP contribution in [0.5, 0.6) is 5.75 Å². The molecule has 0 saturated carbocycles. The molecule has 1 aliphatic heterocycles. The van der Waals surface area contributed by atoms with E-state index in [4.69, 9.17) is 4.74 Å². The third kappa shape index (κ3) is 2.96. The first-order valence-electron chi connectivity index (χ1n) is 8.49. The summed E-state index contributed by atoms with van der Waals surface area (Å²) in [7, 11) is 1.50. The van der Waals surface area contributed by atoms with Gasteiger partial charge in [0.1, 0.15) is 11.8 Å². The Balaban J connectivity index is 1.91. The molecule has 0 fully saturated rings. The van der Waals surface area contributed by atoms with Gasteiger partial charge in [-0.25, -0.2) is 4.68 Å². The van der Waals surface area contributed by atoms with Crippen molar-refractivity contribution < 1.29 is 22.7 Å². The van der Waals surface area contributed by atoms with Crippen molar-refractivity contribution >= 4 is 11.7 Å². The summed E-state index contributed by atoms with van der Waals surface area (Å²) in [5.74, 6) is -0.707. The highest BCUT2D eigenvalue weighted by atomic mass is 19.4. The monoisotopic (exact) mass is 378 g/mol. The van der Waals surface area contributed by atoms with Crippen molar-refractivity contribution in [3.63, 3.8) is 0 Å². The maximum atomic E-state index is 13.2. The minimum Gasteiger partial charge on any atom is -0.497 e. The zero-order chi connectivity index (χ0) is 19.3. The lowest BCUT2D eigenvalue weighted by Gasteiger charge is -2.34. The van der Waals surface area contributed by atoms with Crippen LogP contribution in [0.4, 0.5) is 19.1 Å². The number of carbonyl (C=O) groups excluding carboxylic acids is 1. The van der Waals surface area contributed by atoms with Crippen LogP contribution >= 0.6 is 0 Å². The summed E-state index contributed by atoms with van der Waals surface area (Å²) in [6, 6.07) is 6.12. The van der Waals surface area contributed by atoms with Crippen LogP contribution in [-0.4, -0.2) is 27.7 Å². The van der Waals surface area contributed by atoms with E-state index < -0.39 is 18.0 Å². The average Bonchev–Trinajstić information content (AvgIpc) is 3.03. The maximum Gasteiger partial charge on any atom is 0.453 e. The summed E-state index contributed by atoms with van der Waals surface area (Å²) < 4.78 is 45.9. The van der Waals surface area contributed by atoms with Gasteiger partial charge in [-0.2, -0.15) is 18.2 Å². The van der Waals surface area contributed by atoms with Crippen LogP contribution in [0.25, 0.3) is 0 Å². The lowest BCUT2D eigenvalue weighted by Crippen LogP contribution is -2.33. The molecule has 1 aromatic heterocycles. The van der Waals surface area contributed by atoms with E-state index in [2.05, 4.69) is 15.4 Å². The fourth-order valence-corrected chi connectivity index (χ4v) is 3.65. The Bertz CT molecular complexity index is 948. The minimum absolute atomic E-state index is 0.0178. The third-order valence-electron chi connectivity index (χ3n) is 4.79. The van der Waals surface area contributed by atoms with Gasteiger partial charge in [-0.3, -0.25) is 4.79 Å². The number of fused-ring (bicyclic) bond motifs is 1. The number of methoxy groups -OCH3 is 1. The number of anilines is 1. The average molecular weight is 378 g/mol. The fraction of sp³-hybridized carbons (Fsp3) is 0.389. The van der Waals surface area contributed by atoms with Crippen molar-refractivity contribution in [2.75, 3.05) is 12.4 Å². The number of halogens is 3. The Morgan fingerprint density at radius 3 is 2.78 bits per heavy atom. The number of ether oxygens (including phenoxy) is 1. The van der Waals surface area contributed by atoms with E-state index in [0.717, 1.165) is 4.68 Å². The lowest BCUT2D eigenvalue weighted by molar-refractivity contribution is -0.145. The highest BCUT2D eigenvalue weighted by molar-refractivity contribution is 5.99. The van der Waals surface area contributed by atoms with Crippen LogP contribution in [0.2, 0.25) is 0 Å². The van der Waals surface area contributed by atoms with Gasteiger partial charge < -0.3 is 10.1 Å². The number of hydrogen-bond donors (Lipinski definition) is 1. The molecule has 2 heterocycles. The molecule has 2 atom stereocenters. The minimum atomic E-state index is -4.68. The molecule has 1 aliphatic carbocycles. The Hall–Kier alpha value is -2.84. The highest BCUT2D eigenvalue weighted by Crippen LogP contribution is 2.42. The topological polar surface area (TPSA) is 69.0 Å². The maximum absolute atomic E-state index is 13.2. The van der Waals surface area contributed by atoms with Gasteiger partial charge in [0.2, 0.25) is 5.95 Å². The SMILES string of the molecule is COc1cccc([C@@H]2C3=C(C[C@H](C)CC3=O)Nc3nc(C(F)(F)F)nn32)c1. The number of aromatic nitrogens is 3. The first-order valence-corrected chi connectivity index (χ1v) is 8.49. The van der Waals surface area contributed by atoms with Crippen LogP contribution in [0.1, 0.15) is 37.2 Å².